The SMILES string of the molecule is Cc1cc(-n2nc3c(c2-n2ccn(-c4ccc5c(cnn5C)c4F)c2=O)[C@H](C)N(C(=O)OC(C)(C)C)CC32CC2)cc(C)c1F. The van der Waals surface area contributed by atoms with E-state index >= 15 is 4.39 Å². The Labute approximate surface area is 258 Å². The number of hydrogen-bond donors (Lipinski definition) is 0. The van der Waals surface area contributed by atoms with Crippen LogP contribution in [0, 0.1) is 25.5 Å². The molecule has 1 saturated carbocycles. The number of carbonyl (C=O) groups excluding carboxylic acids is 1. The first-order valence-electron chi connectivity index (χ1n) is 15.0. The number of hydrogen-bond acceptors (Lipinski definition) is 5. The van der Waals surface area contributed by atoms with Crippen LogP contribution in [0.15, 0.2) is 47.7 Å². The summed E-state index contributed by atoms with van der Waals surface area (Å²) in [5.41, 5.74) is 2.01. The van der Waals surface area contributed by atoms with Gasteiger partial charge in [-0.15, -0.1) is 0 Å². The Morgan fingerprint density at radius 3 is 2.36 bits per heavy atom. The third-order valence-electron chi connectivity index (χ3n) is 9.01. The van der Waals surface area contributed by atoms with Crippen molar-refractivity contribution in [1.82, 2.24) is 33.6 Å². The second kappa shape index (κ2) is 9.63. The molecule has 1 atom stereocenters. The number of amides is 1. The number of rotatable bonds is 3. The number of benzene rings is 2. The monoisotopic (exact) mass is 615 g/mol. The van der Waals surface area contributed by atoms with E-state index in [-0.39, 0.29) is 11.5 Å². The van der Waals surface area contributed by atoms with E-state index in [2.05, 4.69) is 5.10 Å². The number of nitrogens with zero attached hydrogens (tertiary/aromatic N) is 7. The second-order valence-electron chi connectivity index (χ2n) is 13.4. The van der Waals surface area contributed by atoms with Gasteiger partial charge in [-0.05, 0) is 89.8 Å². The molecule has 1 aliphatic carbocycles. The molecule has 1 aliphatic heterocycles. The largest absolute Gasteiger partial charge is 0.444 e. The lowest BCUT2D eigenvalue weighted by Crippen LogP contribution is -2.46. The van der Waals surface area contributed by atoms with Gasteiger partial charge in [-0.1, -0.05) is 0 Å². The van der Waals surface area contributed by atoms with Crippen LogP contribution in [0.2, 0.25) is 0 Å². The molecule has 3 aromatic heterocycles. The van der Waals surface area contributed by atoms with Crippen LogP contribution >= 0.6 is 0 Å². The minimum absolute atomic E-state index is 0.0785. The highest BCUT2D eigenvalue weighted by molar-refractivity contribution is 5.81. The molecule has 0 N–H and O–H groups in total. The number of aryl methyl sites for hydroxylation is 3. The van der Waals surface area contributed by atoms with Crippen LogP contribution in [0.5, 0.6) is 0 Å². The molecule has 1 fully saturated rings. The van der Waals surface area contributed by atoms with Crippen molar-refractivity contribution in [2.24, 2.45) is 7.05 Å². The summed E-state index contributed by atoms with van der Waals surface area (Å²) < 4.78 is 42.2. The van der Waals surface area contributed by atoms with Gasteiger partial charge >= 0.3 is 11.8 Å². The minimum Gasteiger partial charge on any atom is -0.444 e. The number of aromatic nitrogens is 6. The van der Waals surface area contributed by atoms with Crippen LogP contribution in [0.1, 0.15) is 69.0 Å². The Kier molecular flexibility index (Phi) is 6.20. The molecule has 1 amide bonds. The molecule has 7 rings (SSSR count). The van der Waals surface area contributed by atoms with Crippen LogP contribution < -0.4 is 5.69 Å². The molecule has 12 heteroatoms. The first-order chi connectivity index (χ1) is 21.2. The van der Waals surface area contributed by atoms with Crippen molar-refractivity contribution in [2.75, 3.05) is 6.54 Å². The van der Waals surface area contributed by atoms with E-state index < -0.39 is 34.7 Å². The van der Waals surface area contributed by atoms with Gasteiger partial charge in [0.15, 0.2) is 5.82 Å². The zero-order valence-electron chi connectivity index (χ0n) is 26.4. The molecule has 0 bridgehead atoms. The van der Waals surface area contributed by atoms with E-state index in [1.807, 2.05) is 27.7 Å². The number of halogens is 2. The fourth-order valence-electron chi connectivity index (χ4n) is 6.53. The summed E-state index contributed by atoms with van der Waals surface area (Å²) in [6, 6.07) is 6.15. The van der Waals surface area contributed by atoms with Gasteiger partial charge in [0.25, 0.3) is 0 Å². The summed E-state index contributed by atoms with van der Waals surface area (Å²) >= 11 is 0. The van der Waals surface area contributed by atoms with E-state index in [0.29, 0.717) is 45.6 Å². The fourth-order valence-corrected chi connectivity index (χ4v) is 6.53. The third kappa shape index (κ3) is 4.40. The van der Waals surface area contributed by atoms with Crippen molar-refractivity contribution in [2.45, 2.75) is 71.4 Å². The highest BCUT2D eigenvalue weighted by Crippen LogP contribution is 2.55. The highest BCUT2D eigenvalue weighted by atomic mass is 19.1. The van der Waals surface area contributed by atoms with Crippen molar-refractivity contribution in [3.05, 3.63) is 87.4 Å². The molecule has 0 unspecified atom stereocenters. The second-order valence-corrected chi connectivity index (χ2v) is 13.4. The number of carbonyl (C=O) groups is 1. The fraction of sp³-hybridized carbons (Fsp3) is 0.394. The molecular weight excluding hydrogens is 580 g/mol. The van der Waals surface area contributed by atoms with Crippen molar-refractivity contribution in [3.8, 4) is 17.2 Å². The smallest absolute Gasteiger partial charge is 0.410 e. The van der Waals surface area contributed by atoms with Crippen molar-refractivity contribution in [3.63, 3.8) is 0 Å². The average molecular weight is 616 g/mol. The maximum atomic E-state index is 15.8. The summed E-state index contributed by atoms with van der Waals surface area (Å²) in [5, 5.41) is 9.53. The van der Waals surface area contributed by atoms with Gasteiger partial charge in [0.05, 0.1) is 40.2 Å². The molecule has 0 radical (unpaired) electrons. The predicted octanol–water partition coefficient (Wildman–Crippen LogP) is 5.94. The summed E-state index contributed by atoms with van der Waals surface area (Å²) in [7, 11) is 1.72. The Balaban J connectivity index is 1.46. The van der Waals surface area contributed by atoms with Crippen LogP contribution in [0.25, 0.3) is 28.1 Å². The summed E-state index contributed by atoms with van der Waals surface area (Å²) in [5.74, 6) is -0.471. The number of fused-ring (bicyclic) bond motifs is 3. The first-order valence-corrected chi connectivity index (χ1v) is 15.0. The van der Waals surface area contributed by atoms with Gasteiger partial charge in [0.2, 0.25) is 0 Å². The molecule has 5 aromatic rings. The van der Waals surface area contributed by atoms with E-state index in [9.17, 15) is 14.0 Å². The standard InChI is InChI=1S/C33H35F2N7O3/c1-18-14-21(15-19(2)26(18)34)42-29(25-20(3)41(31(44)45-32(4,5)6)17-33(10-11-33)28(25)37-42)40-13-12-39(30(40)43)24-9-8-23-22(27(24)35)16-36-38(23)7/h8-9,12-16,20H,10-11,17H2,1-7H3/t20-/m0/s1. The lowest BCUT2D eigenvalue weighted by molar-refractivity contribution is 0.0126. The molecule has 234 valence electrons. The quantitative estimate of drug-likeness (QED) is 0.251. The van der Waals surface area contributed by atoms with E-state index in [0.717, 1.165) is 18.5 Å². The molecule has 45 heavy (non-hydrogen) atoms. The van der Waals surface area contributed by atoms with Crippen LogP contribution in [0.3, 0.4) is 0 Å². The summed E-state index contributed by atoms with van der Waals surface area (Å²) in [6.45, 7) is 11.2. The summed E-state index contributed by atoms with van der Waals surface area (Å²) in [6.07, 6.45) is 5.70. The lowest BCUT2D eigenvalue weighted by Gasteiger charge is -2.38. The Morgan fingerprint density at radius 1 is 1.04 bits per heavy atom. The van der Waals surface area contributed by atoms with Gasteiger partial charge in [-0.25, -0.2) is 23.1 Å². The average Bonchev–Trinajstić information content (AvgIpc) is 3.26. The molecule has 10 nitrogen and oxygen atoms in total. The Morgan fingerprint density at radius 2 is 1.71 bits per heavy atom. The molecule has 1 spiro atoms. The van der Waals surface area contributed by atoms with Gasteiger partial charge < -0.3 is 9.64 Å². The van der Waals surface area contributed by atoms with Crippen molar-refractivity contribution >= 4 is 17.0 Å². The zero-order valence-corrected chi connectivity index (χ0v) is 26.4. The molecule has 0 saturated heterocycles. The normalized spacial score (nSPS) is 17.3. The molecular formula is C33H35F2N7O3. The predicted molar refractivity (Wildman–Crippen MR) is 164 cm³/mol. The van der Waals surface area contributed by atoms with Gasteiger partial charge in [0, 0.05) is 37.0 Å². The Bertz CT molecular complexity index is 2070. The van der Waals surface area contributed by atoms with Gasteiger partial charge in [0.1, 0.15) is 17.2 Å². The van der Waals surface area contributed by atoms with Gasteiger partial charge in [-0.3, -0.25) is 13.8 Å². The Hall–Kier alpha value is -4.74. The molecule has 2 aromatic carbocycles. The highest BCUT2D eigenvalue weighted by Gasteiger charge is 2.56. The van der Waals surface area contributed by atoms with Crippen LogP contribution in [-0.4, -0.2) is 51.8 Å². The van der Waals surface area contributed by atoms with E-state index in [4.69, 9.17) is 9.84 Å². The minimum atomic E-state index is -0.697. The summed E-state index contributed by atoms with van der Waals surface area (Å²) in [4.78, 5) is 29.5. The van der Waals surface area contributed by atoms with Crippen molar-refractivity contribution in [1.29, 1.82) is 0 Å². The van der Waals surface area contributed by atoms with E-state index in [1.54, 1.807) is 65.6 Å². The van der Waals surface area contributed by atoms with Crippen molar-refractivity contribution < 1.29 is 18.3 Å². The third-order valence-corrected chi connectivity index (χ3v) is 9.01. The maximum absolute atomic E-state index is 15.8. The van der Waals surface area contributed by atoms with Crippen LogP contribution in [-0.2, 0) is 17.2 Å². The first kappa shape index (κ1) is 29.0. The van der Waals surface area contributed by atoms with Crippen LogP contribution in [0.4, 0.5) is 13.6 Å². The number of imidazole rings is 1. The molecule has 2 aliphatic rings. The van der Waals surface area contributed by atoms with Gasteiger partial charge in [-0.2, -0.15) is 10.2 Å². The van der Waals surface area contributed by atoms with E-state index in [1.165, 1.54) is 21.5 Å². The lowest BCUT2D eigenvalue weighted by atomic mass is 9.88. The zero-order chi connectivity index (χ0) is 32.2. The molecule has 4 heterocycles. The topological polar surface area (TPSA) is 92.1 Å². The maximum Gasteiger partial charge on any atom is 0.410 e. The number of ether oxygens (including phenoxy) is 1.